The number of phenolic OH excluding ortho intramolecular Hbond substituents is 1. The molecule has 2 aliphatic rings. The summed E-state index contributed by atoms with van der Waals surface area (Å²) in [5.74, 6) is 1.21. The van der Waals surface area contributed by atoms with Gasteiger partial charge in [-0.05, 0) is 87.7 Å². The summed E-state index contributed by atoms with van der Waals surface area (Å²) >= 11 is 6.86. The lowest BCUT2D eigenvalue weighted by Crippen LogP contribution is -2.46. The first-order chi connectivity index (χ1) is 9.65. The molecule has 0 amide bonds. The monoisotopic (exact) mass is 401 g/mol. The van der Waals surface area contributed by atoms with Gasteiger partial charge in [0.2, 0.25) is 0 Å². The van der Waals surface area contributed by atoms with E-state index in [0.29, 0.717) is 5.75 Å². The molecule has 0 spiro atoms. The summed E-state index contributed by atoms with van der Waals surface area (Å²) in [6, 6.07) is 4.88. The minimum absolute atomic E-state index is 0.294. The number of nitrogens with zero attached hydrogens (tertiary/aromatic N) is 1. The highest BCUT2D eigenvalue weighted by Gasteiger charge is 2.33. The number of hydrogen-bond donors (Lipinski definition) is 1. The number of halogens is 2. The molecule has 0 unspecified atom stereocenters. The highest BCUT2D eigenvalue weighted by molar-refractivity contribution is 9.11. The van der Waals surface area contributed by atoms with Gasteiger partial charge in [-0.25, -0.2) is 0 Å². The maximum Gasteiger partial charge on any atom is 0.143 e. The van der Waals surface area contributed by atoms with E-state index in [-0.39, 0.29) is 0 Å². The molecule has 1 aromatic rings. The van der Waals surface area contributed by atoms with Crippen LogP contribution in [-0.4, -0.2) is 22.6 Å². The predicted octanol–water partition coefficient (Wildman–Crippen LogP) is 5.07. The molecule has 1 aliphatic heterocycles. The molecule has 2 fully saturated rings. The summed E-state index contributed by atoms with van der Waals surface area (Å²) in [6.07, 6.45) is 8.35. The zero-order valence-electron chi connectivity index (χ0n) is 11.6. The normalized spacial score (nSPS) is 27.3. The molecule has 3 rings (SSSR count). The summed E-state index contributed by atoms with van der Waals surface area (Å²) in [5, 5.41) is 9.82. The summed E-state index contributed by atoms with van der Waals surface area (Å²) in [7, 11) is 0. The zero-order chi connectivity index (χ0) is 14.1. The maximum absolute atomic E-state index is 9.82. The Labute approximate surface area is 137 Å². The molecule has 0 aromatic heterocycles. The van der Waals surface area contributed by atoms with Gasteiger partial charge in [0.1, 0.15) is 5.75 Å². The van der Waals surface area contributed by atoms with Gasteiger partial charge in [0.25, 0.3) is 0 Å². The zero-order valence-corrected chi connectivity index (χ0v) is 14.8. The van der Waals surface area contributed by atoms with Gasteiger partial charge in [0.05, 0.1) is 8.95 Å². The Balaban J connectivity index is 1.76. The second-order valence-electron chi connectivity index (χ2n) is 6.13. The van der Waals surface area contributed by atoms with Crippen LogP contribution in [0.1, 0.15) is 44.1 Å². The second kappa shape index (κ2) is 6.37. The number of likely N-dealkylation sites (tertiary alicyclic amines) is 1. The minimum Gasteiger partial charge on any atom is -0.506 e. The van der Waals surface area contributed by atoms with Crippen molar-refractivity contribution in [2.24, 2.45) is 5.92 Å². The third kappa shape index (κ3) is 3.07. The number of rotatable bonds is 2. The van der Waals surface area contributed by atoms with Gasteiger partial charge in [0.15, 0.2) is 0 Å². The van der Waals surface area contributed by atoms with E-state index in [2.05, 4.69) is 36.8 Å². The first-order valence-corrected chi connectivity index (χ1v) is 9.14. The SMILES string of the molecule is Oc1c(Br)cc(CN2CCC[C@H]3CCCC[C@H]32)cc1Br. The molecular weight excluding hydrogens is 382 g/mol. The van der Waals surface area contributed by atoms with E-state index in [4.69, 9.17) is 0 Å². The lowest BCUT2D eigenvalue weighted by atomic mass is 9.78. The van der Waals surface area contributed by atoms with E-state index in [0.717, 1.165) is 27.4 Å². The highest BCUT2D eigenvalue weighted by atomic mass is 79.9. The summed E-state index contributed by atoms with van der Waals surface area (Å²) in [6.45, 7) is 2.22. The van der Waals surface area contributed by atoms with Crippen LogP contribution in [0.5, 0.6) is 5.75 Å². The average Bonchev–Trinajstić information content (AvgIpc) is 2.45. The van der Waals surface area contributed by atoms with Crippen molar-refractivity contribution in [3.63, 3.8) is 0 Å². The largest absolute Gasteiger partial charge is 0.506 e. The molecule has 1 saturated carbocycles. The first-order valence-electron chi connectivity index (χ1n) is 7.56. The molecule has 2 nitrogen and oxygen atoms in total. The van der Waals surface area contributed by atoms with Crippen LogP contribution in [0.4, 0.5) is 0 Å². The smallest absolute Gasteiger partial charge is 0.143 e. The van der Waals surface area contributed by atoms with Crippen molar-refractivity contribution in [1.82, 2.24) is 4.90 Å². The van der Waals surface area contributed by atoms with Gasteiger partial charge in [-0.1, -0.05) is 12.8 Å². The minimum atomic E-state index is 0.294. The van der Waals surface area contributed by atoms with Gasteiger partial charge >= 0.3 is 0 Å². The molecular formula is C16H21Br2NO. The van der Waals surface area contributed by atoms with E-state index in [1.54, 1.807) is 0 Å². The number of benzene rings is 1. The average molecular weight is 403 g/mol. The Morgan fingerprint density at radius 3 is 2.45 bits per heavy atom. The Morgan fingerprint density at radius 1 is 1.05 bits per heavy atom. The lowest BCUT2D eigenvalue weighted by molar-refractivity contribution is 0.0547. The van der Waals surface area contributed by atoms with Crippen LogP contribution >= 0.6 is 31.9 Å². The summed E-state index contributed by atoms with van der Waals surface area (Å²) in [5.41, 5.74) is 1.27. The first kappa shape index (κ1) is 14.9. The van der Waals surface area contributed by atoms with Gasteiger partial charge in [-0.15, -0.1) is 0 Å². The molecule has 1 heterocycles. The fraction of sp³-hybridized carbons (Fsp3) is 0.625. The fourth-order valence-electron chi connectivity index (χ4n) is 3.87. The fourth-order valence-corrected chi connectivity index (χ4v) is 5.15. The number of hydrogen-bond acceptors (Lipinski definition) is 2. The Bertz CT molecular complexity index is 466. The van der Waals surface area contributed by atoms with Crippen molar-refractivity contribution < 1.29 is 5.11 Å². The molecule has 1 aliphatic carbocycles. The van der Waals surface area contributed by atoms with Gasteiger partial charge in [0, 0.05) is 12.6 Å². The van der Waals surface area contributed by atoms with Gasteiger partial charge in [-0.2, -0.15) is 0 Å². The van der Waals surface area contributed by atoms with Crippen molar-refractivity contribution in [3.8, 4) is 5.75 Å². The Kier molecular flexibility index (Phi) is 4.73. The molecule has 4 heteroatoms. The third-order valence-electron chi connectivity index (χ3n) is 4.82. The van der Waals surface area contributed by atoms with Crippen LogP contribution in [0, 0.1) is 5.92 Å². The molecule has 110 valence electrons. The number of fused-ring (bicyclic) bond motifs is 1. The number of phenols is 1. The lowest BCUT2D eigenvalue weighted by Gasteiger charge is -2.44. The standard InChI is InChI=1S/C16H21Br2NO/c17-13-8-11(9-14(18)16(13)20)10-19-7-3-5-12-4-1-2-6-15(12)19/h8-9,12,15,20H,1-7,10H2/t12-,15-/m1/s1. The van der Waals surface area contributed by atoms with E-state index in [1.807, 2.05) is 12.1 Å². The van der Waals surface area contributed by atoms with Gasteiger partial charge < -0.3 is 5.11 Å². The molecule has 1 N–H and O–H groups in total. The van der Waals surface area contributed by atoms with Crippen LogP contribution in [0.2, 0.25) is 0 Å². The van der Waals surface area contributed by atoms with Crippen molar-refractivity contribution in [2.75, 3.05) is 6.54 Å². The topological polar surface area (TPSA) is 23.5 Å². The maximum atomic E-state index is 9.82. The Morgan fingerprint density at radius 2 is 1.70 bits per heavy atom. The molecule has 0 radical (unpaired) electrons. The third-order valence-corrected chi connectivity index (χ3v) is 6.03. The molecule has 1 aromatic carbocycles. The van der Waals surface area contributed by atoms with Crippen LogP contribution in [0.25, 0.3) is 0 Å². The van der Waals surface area contributed by atoms with Crippen molar-refractivity contribution >= 4 is 31.9 Å². The highest BCUT2D eigenvalue weighted by Crippen LogP contribution is 2.37. The van der Waals surface area contributed by atoms with Crippen molar-refractivity contribution in [3.05, 3.63) is 26.6 Å². The Hall–Kier alpha value is -0.0600. The van der Waals surface area contributed by atoms with Crippen LogP contribution in [0.3, 0.4) is 0 Å². The summed E-state index contributed by atoms with van der Waals surface area (Å²) < 4.78 is 1.55. The molecule has 1 saturated heterocycles. The quantitative estimate of drug-likeness (QED) is 0.746. The molecule has 2 atom stereocenters. The van der Waals surface area contributed by atoms with E-state index in [1.165, 1.54) is 50.6 Å². The predicted molar refractivity (Wildman–Crippen MR) is 88.9 cm³/mol. The van der Waals surface area contributed by atoms with Crippen LogP contribution < -0.4 is 0 Å². The second-order valence-corrected chi connectivity index (χ2v) is 7.84. The molecule has 0 bridgehead atoms. The molecule has 20 heavy (non-hydrogen) atoms. The number of piperidine rings is 1. The van der Waals surface area contributed by atoms with Crippen LogP contribution in [0.15, 0.2) is 21.1 Å². The van der Waals surface area contributed by atoms with Crippen molar-refractivity contribution in [1.29, 1.82) is 0 Å². The van der Waals surface area contributed by atoms with Crippen molar-refractivity contribution in [2.45, 2.75) is 51.1 Å². The van der Waals surface area contributed by atoms with Gasteiger partial charge in [-0.3, -0.25) is 4.90 Å². The van der Waals surface area contributed by atoms with E-state index in [9.17, 15) is 5.11 Å². The van der Waals surface area contributed by atoms with E-state index < -0.39 is 0 Å². The van der Waals surface area contributed by atoms with E-state index >= 15 is 0 Å². The number of aromatic hydroxyl groups is 1. The van der Waals surface area contributed by atoms with Crippen LogP contribution in [-0.2, 0) is 6.54 Å². The summed E-state index contributed by atoms with van der Waals surface area (Å²) in [4.78, 5) is 2.67.